The highest BCUT2D eigenvalue weighted by atomic mass is 32.2. The molecular weight excluding hydrogens is 416 g/mol. The van der Waals surface area contributed by atoms with Crippen molar-refractivity contribution in [2.45, 2.75) is 0 Å². The molecule has 1 aliphatic rings. The molecule has 0 unspecified atom stereocenters. The number of nitrogens with zero attached hydrogens (tertiary/aromatic N) is 1. The van der Waals surface area contributed by atoms with Crippen molar-refractivity contribution in [3.63, 3.8) is 0 Å². The van der Waals surface area contributed by atoms with Crippen molar-refractivity contribution in [1.82, 2.24) is 0 Å². The molecule has 1 N–H and O–H groups in total. The Labute approximate surface area is 181 Å². The molecule has 0 fully saturated rings. The normalized spacial score (nSPS) is 12.8. The smallest absolute Gasteiger partial charge is 0.255 e. The summed E-state index contributed by atoms with van der Waals surface area (Å²) in [6.07, 6.45) is 1.12. The van der Waals surface area contributed by atoms with Gasteiger partial charge in [-0.2, -0.15) is 0 Å². The van der Waals surface area contributed by atoms with Gasteiger partial charge in [-0.1, -0.05) is 36.4 Å². The van der Waals surface area contributed by atoms with E-state index in [4.69, 9.17) is 9.47 Å². The number of fused-ring (bicyclic) bond motifs is 1. The van der Waals surface area contributed by atoms with Gasteiger partial charge in [-0.05, 0) is 41.5 Å². The van der Waals surface area contributed by atoms with E-state index in [1.54, 1.807) is 30.3 Å². The molecule has 3 aromatic rings. The van der Waals surface area contributed by atoms with Gasteiger partial charge in [0.15, 0.2) is 11.5 Å². The fourth-order valence-electron chi connectivity index (χ4n) is 3.28. The molecule has 0 saturated carbocycles. The quantitative estimate of drug-likeness (QED) is 0.655. The second kappa shape index (κ2) is 8.31. The standard InChI is InChI=1S/C23H22N2O5S/c1-25(31(2,27)28)20-10-8-17(16-6-4-3-5-7-16)14-19(20)24-23(26)18-9-11-21-22(15-18)30-13-12-29-21/h3-11,14-15H,12-13H2,1-2H3,(H,24,26). The Hall–Kier alpha value is -3.52. The van der Waals surface area contributed by atoms with Crippen LogP contribution in [0.2, 0.25) is 0 Å². The van der Waals surface area contributed by atoms with Gasteiger partial charge < -0.3 is 14.8 Å². The minimum atomic E-state index is -3.52. The van der Waals surface area contributed by atoms with Gasteiger partial charge in [0, 0.05) is 12.6 Å². The Bertz CT molecular complexity index is 1230. The summed E-state index contributed by atoms with van der Waals surface area (Å²) < 4.78 is 36.5. The molecule has 0 aliphatic carbocycles. The van der Waals surface area contributed by atoms with E-state index in [1.807, 2.05) is 36.4 Å². The number of hydrogen-bond donors (Lipinski definition) is 1. The van der Waals surface area contributed by atoms with E-state index in [2.05, 4.69) is 5.32 Å². The first kappa shape index (κ1) is 20.7. The van der Waals surface area contributed by atoms with Crippen LogP contribution in [0.5, 0.6) is 11.5 Å². The highest BCUT2D eigenvalue weighted by Crippen LogP contribution is 2.34. The van der Waals surface area contributed by atoms with Crippen molar-refractivity contribution in [2.24, 2.45) is 0 Å². The first-order chi connectivity index (χ1) is 14.8. The average molecular weight is 439 g/mol. The molecule has 0 radical (unpaired) electrons. The average Bonchev–Trinajstić information content (AvgIpc) is 2.78. The lowest BCUT2D eigenvalue weighted by Gasteiger charge is -2.22. The van der Waals surface area contributed by atoms with Crippen LogP contribution in [-0.4, -0.2) is 40.8 Å². The highest BCUT2D eigenvalue weighted by Gasteiger charge is 2.20. The minimum absolute atomic E-state index is 0.369. The van der Waals surface area contributed by atoms with Crippen LogP contribution in [0.1, 0.15) is 10.4 Å². The SMILES string of the molecule is CN(c1ccc(-c2ccccc2)cc1NC(=O)c1ccc2c(c1)OCCO2)S(C)(=O)=O. The molecule has 1 aliphatic heterocycles. The Morgan fingerprint density at radius 1 is 0.903 bits per heavy atom. The molecule has 0 bridgehead atoms. The van der Waals surface area contributed by atoms with E-state index < -0.39 is 10.0 Å². The maximum absolute atomic E-state index is 13.0. The van der Waals surface area contributed by atoms with E-state index in [0.717, 1.165) is 21.7 Å². The molecule has 0 atom stereocenters. The fourth-order valence-corrected chi connectivity index (χ4v) is 3.80. The van der Waals surface area contributed by atoms with Crippen molar-refractivity contribution < 1.29 is 22.7 Å². The molecule has 1 heterocycles. The molecular formula is C23H22N2O5S. The number of hydrogen-bond acceptors (Lipinski definition) is 5. The number of anilines is 2. The van der Waals surface area contributed by atoms with Crippen LogP contribution >= 0.6 is 0 Å². The van der Waals surface area contributed by atoms with E-state index in [1.165, 1.54) is 7.05 Å². The largest absolute Gasteiger partial charge is 0.486 e. The van der Waals surface area contributed by atoms with Crippen LogP contribution in [0.4, 0.5) is 11.4 Å². The summed E-state index contributed by atoms with van der Waals surface area (Å²) in [7, 11) is -2.07. The molecule has 31 heavy (non-hydrogen) atoms. The van der Waals surface area contributed by atoms with Crippen LogP contribution in [0.25, 0.3) is 11.1 Å². The van der Waals surface area contributed by atoms with Gasteiger partial charge >= 0.3 is 0 Å². The topological polar surface area (TPSA) is 84.9 Å². The van der Waals surface area contributed by atoms with Gasteiger partial charge in [0.2, 0.25) is 10.0 Å². The lowest BCUT2D eigenvalue weighted by Crippen LogP contribution is -2.26. The van der Waals surface area contributed by atoms with Crippen LogP contribution in [0, 0.1) is 0 Å². The second-order valence-electron chi connectivity index (χ2n) is 7.14. The van der Waals surface area contributed by atoms with Crippen LogP contribution in [0.15, 0.2) is 66.7 Å². The van der Waals surface area contributed by atoms with Crippen molar-refractivity contribution in [1.29, 1.82) is 0 Å². The molecule has 160 valence electrons. The number of ether oxygens (including phenoxy) is 2. The Morgan fingerprint density at radius 2 is 1.61 bits per heavy atom. The maximum atomic E-state index is 13.0. The zero-order valence-corrected chi connectivity index (χ0v) is 18.0. The third kappa shape index (κ3) is 4.49. The number of carbonyl (C=O) groups is 1. The number of rotatable bonds is 5. The van der Waals surface area contributed by atoms with Gasteiger partial charge in [0.1, 0.15) is 13.2 Å². The predicted molar refractivity (Wildman–Crippen MR) is 121 cm³/mol. The summed E-state index contributed by atoms with van der Waals surface area (Å²) in [5.41, 5.74) is 2.93. The summed E-state index contributed by atoms with van der Waals surface area (Å²) in [4.78, 5) is 13.0. The lowest BCUT2D eigenvalue weighted by atomic mass is 10.0. The molecule has 0 saturated heterocycles. The molecule has 4 rings (SSSR count). The number of sulfonamides is 1. The van der Waals surface area contributed by atoms with Crippen molar-refractivity contribution in [2.75, 3.05) is 36.1 Å². The zero-order chi connectivity index (χ0) is 22.0. The monoisotopic (exact) mass is 438 g/mol. The van der Waals surface area contributed by atoms with Gasteiger partial charge in [-0.25, -0.2) is 8.42 Å². The van der Waals surface area contributed by atoms with Crippen LogP contribution in [-0.2, 0) is 10.0 Å². The molecule has 8 heteroatoms. The van der Waals surface area contributed by atoms with Gasteiger partial charge in [0.25, 0.3) is 5.91 Å². The molecule has 0 aromatic heterocycles. The second-order valence-corrected chi connectivity index (χ2v) is 9.15. The third-order valence-corrected chi connectivity index (χ3v) is 6.18. The first-order valence-corrected chi connectivity index (χ1v) is 11.5. The Kier molecular flexibility index (Phi) is 5.56. The first-order valence-electron chi connectivity index (χ1n) is 9.67. The minimum Gasteiger partial charge on any atom is -0.486 e. The van der Waals surface area contributed by atoms with E-state index in [-0.39, 0.29) is 5.91 Å². The predicted octanol–water partition coefficient (Wildman–Crippen LogP) is 3.77. The molecule has 1 amide bonds. The summed E-state index contributed by atoms with van der Waals surface area (Å²) >= 11 is 0. The van der Waals surface area contributed by atoms with Gasteiger partial charge in [0.05, 0.1) is 17.6 Å². The lowest BCUT2D eigenvalue weighted by molar-refractivity contribution is 0.102. The van der Waals surface area contributed by atoms with E-state index in [0.29, 0.717) is 41.7 Å². The van der Waals surface area contributed by atoms with Crippen LogP contribution in [0.3, 0.4) is 0 Å². The van der Waals surface area contributed by atoms with E-state index >= 15 is 0 Å². The summed E-state index contributed by atoms with van der Waals surface area (Å²) in [6, 6.07) is 19.9. The molecule has 0 spiro atoms. The van der Waals surface area contributed by atoms with Gasteiger partial charge in [-0.3, -0.25) is 9.10 Å². The number of benzene rings is 3. The Morgan fingerprint density at radius 3 is 2.32 bits per heavy atom. The van der Waals surface area contributed by atoms with Crippen LogP contribution < -0.4 is 19.1 Å². The zero-order valence-electron chi connectivity index (χ0n) is 17.2. The third-order valence-electron chi connectivity index (χ3n) is 4.99. The van der Waals surface area contributed by atoms with Crippen molar-refractivity contribution >= 4 is 27.3 Å². The molecule has 7 nitrogen and oxygen atoms in total. The fraction of sp³-hybridized carbons (Fsp3) is 0.174. The number of carbonyl (C=O) groups excluding carboxylic acids is 1. The Balaban J connectivity index is 1.71. The number of amides is 1. The van der Waals surface area contributed by atoms with Crippen molar-refractivity contribution in [3.8, 4) is 22.6 Å². The summed E-state index contributed by atoms with van der Waals surface area (Å²) in [5.74, 6) is 0.710. The maximum Gasteiger partial charge on any atom is 0.255 e. The van der Waals surface area contributed by atoms with Gasteiger partial charge in [-0.15, -0.1) is 0 Å². The van der Waals surface area contributed by atoms with E-state index in [9.17, 15) is 13.2 Å². The summed E-state index contributed by atoms with van der Waals surface area (Å²) in [6.45, 7) is 0.881. The summed E-state index contributed by atoms with van der Waals surface area (Å²) in [5, 5.41) is 2.86. The number of nitrogens with one attached hydrogen (secondary N) is 1. The molecule has 3 aromatic carbocycles. The van der Waals surface area contributed by atoms with Crippen molar-refractivity contribution in [3.05, 3.63) is 72.3 Å². The highest BCUT2D eigenvalue weighted by molar-refractivity contribution is 7.92.